The Morgan fingerprint density at radius 2 is 2.05 bits per heavy atom. The predicted molar refractivity (Wildman–Crippen MR) is 72.9 cm³/mol. The van der Waals surface area contributed by atoms with E-state index in [9.17, 15) is 9.59 Å². The molecule has 96 valence electrons. The van der Waals surface area contributed by atoms with Crippen LogP contribution in [0.5, 0.6) is 0 Å². The lowest BCUT2D eigenvalue weighted by molar-refractivity contribution is -0.131. The summed E-state index contributed by atoms with van der Waals surface area (Å²) < 4.78 is 1.60. The van der Waals surface area contributed by atoms with Gasteiger partial charge in [0.05, 0.1) is 6.54 Å². The van der Waals surface area contributed by atoms with Gasteiger partial charge in [-0.1, -0.05) is 24.3 Å². The van der Waals surface area contributed by atoms with Crippen LogP contribution in [0.1, 0.15) is 11.1 Å². The lowest BCUT2D eigenvalue weighted by atomic mass is 10.1. The van der Waals surface area contributed by atoms with Gasteiger partial charge in [0.15, 0.2) is 0 Å². The number of hydrogen-bond donors (Lipinski definition) is 1. The minimum absolute atomic E-state index is 0.0611. The Morgan fingerprint density at radius 1 is 1.21 bits per heavy atom. The van der Waals surface area contributed by atoms with E-state index in [2.05, 4.69) is 0 Å². The molecule has 1 N–H and O–H groups in total. The van der Waals surface area contributed by atoms with Crippen molar-refractivity contribution < 1.29 is 9.90 Å². The van der Waals surface area contributed by atoms with E-state index in [-0.39, 0.29) is 5.56 Å². The zero-order valence-corrected chi connectivity index (χ0v) is 10.2. The highest BCUT2D eigenvalue weighted by Gasteiger charge is 1.98. The minimum atomic E-state index is -0.982. The van der Waals surface area contributed by atoms with Crippen LogP contribution < -0.4 is 5.56 Å². The van der Waals surface area contributed by atoms with Crippen LogP contribution in [0.2, 0.25) is 0 Å². The number of nitrogens with zero attached hydrogens (tertiary/aromatic N) is 1. The third-order valence-electron chi connectivity index (χ3n) is 2.62. The summed E-state index contributed by atoms with van der Waals surface area (Å²) in [4.78, 5) is 22.1. The maximum absolute atomic E-state index is 11.6. The van der Waals surface area contributed by atoms with Crippen molar-refractivity contribution in [3.05, 3.63) is 76.2 Å². The van der Waals surface area contributed by atoms with Crippen LogP contribution in [0.15, 0.2) is 59.5 Å². The van der Waals surface area contributed by atoms with Crippen LogP contribution in [0.4, 0.5) is 0 Å². The number of aliphatic carboxylic acids is 1. The van der Waals surface area contributed by atoms with E-state index in [0.29, 0.717) is 6.54 Å². The molecule has 0 saturated carbocycles. The zero-order chi connectivity index (χ0) is 13.7. The quantitative estimate of drug-likeness (QED) is 0.850. The number of carboxylic acid groups (broad SMARTS) is 1. The molecule has 2 rings (SSSR count). The second-order valence-corrected chi connectivity index (χ2v) is 4.08. The fourth-order valence-corrected chi connectivity index (χ4v) is 1.75. The first kappa shape index (κ1) is 12.8. The standard InChI is InChI=1S/C15H13NO3/c17-14-6-1-2-9-16(14)11-13-5-3-4-12(10-13)7-8-15(18)19/h1-10H,11H2,(H,18,19). The molecule has 0 spiro atoms. The van der Waals surface area contributed by atoms with Gasteiger partial charge in [0.2, 0.25) is 0 Å². The molecule has 4 heteroatoms. The second kappa shape index (κ2) is 5.82. The smallest absolute Gasteiger partial charge is 0.328 e. The number of hydrogen-bond acceptors (Lipinski definition) is 2. The topological polar surface area (TPSA) is 59.3 Å². The van der Waals surface area contributed by atoms with E-state index in [0.717, 1.165) is 17.2 Å². The number of aromatic nitrogens is 1. The highest BCUT2D eigenvalue weighted by Crippen LogP contribution is 2.08. The fourth-order valence-electron chi connectivity index (χ4n) is 1.75. The molecule has 1 aromatic carbocycles. The highest BCUT2D eigenvalue weighted by molar-refractivity contribution is 5.85. The van der Waals surface area contributed by atoms with Crippen LogP contribution >= 0.6 is 0 Å². The summed E-state index contributed by atoms with van der Waals surface area (Å²) in [5.41, 5.74) is 1.68. The number of pyridine rings is 1. The van der Waals surface area contributed by atoms with Gasteiger partial charge in [-0.2, -0.15) is 0 Å². The largest absolute Gasteiger partial charge is 0.478 e. The van der Waals surface area contributed by atoms with Crippen LogP contribution in [-0.2, 0) is 11.3 Å². The maximum atomic E-state index is 11.6. The molecule has 0 fully saturated rings. The molecule has 19 heavy (non-hydrogen) atoms. The molecular formula is C15H13NO3. The summed E-state index contributed by atoms with van der Waals surface area (Å²) in [5, 5.41) is 8.58. The molecule has 0 unspecified atom stereocenters. The summed E-state index contributed by atoms with van der Waals surface area (Å²) >= 11 is 0. The Hall–Kier alpha value is -2.62. The number of benzene rings is 1. The van der Waals surface area contributed by atoms with Crippen LogP contribution in [0.3, 0.4) is 0 Å². The Labute approximate surface area is 110 Å². The van der Waals surface area contributed by atoms with Gasteiger partial charge >= 0.3 is 5.97 Å². The first-order valence-electron chi connectivity index (χ1n) is 5.80. The Morgan fingerprint density at radius 3 is 2.79 bits per heavy atom. The molecule has 0 aliphatic heterocycles. The van der Waals surface area contributed by atoms with Crippen LogP contribution in [0.25, 0.3) is 6.08 Å². The molecule has 1 heterocycles. The molecule has 0 aliphatic carbocycles. The third kappa shape index (κ3) is 3.67. The first-order chi connectivity index (χ1) is 9.15. The van der Waals surface area contributed by atoms with Crippen molar-refractivity contribution in [1.29, 1.82) is 0 Å². The van der Waals surface area contributed by atoms with E-state index >= 15 is 0 Å². The average molecular weight is 255 g/mol. The van der Waals surface area contributed by atoms with Crippen LogP contribution in [0, 0.1) is 0 Å². The molecule has 0 atom stereocenters. The fraction of sp³-hybridized carbons (Fsp3) is 0.0667. The van der Waals surface area contributed by atoms with Gasteiger partial charge in [-0.15, -0.1) is 0 Å². The summed E-state index contributed by atoms with van der Waals surface area (Å²) in [6, 6.07) is 12.4. The summed E-state index contributed by atoms with van der Waals surface area (Å²) in [5.74, 6) is -0.982. The van der Waals surface area contributed by atoms with Gasteiger partial charge < -0.3 is 9.67 Å². The van der Waals surface area contributed by atoms with E-state index < -0.39 is 5.97 Å². The zero-order valence-electron chi connectivity index (χ0n) is 10.2. The molecule has 0 radical (unpaired) electrons. The Balaban J connectivity index is 2.22. The van der Waals surface area contributed by atoms with Crippen molar-refractivity contribution in [3.63, 3.8) is 0 Å². The van der Waals surface area contributed by atoms with Crippen molar-refractivity contribution >= 4 is 12.0 Å². The molecular weight excluding hydrogens is 242 g/mol. The molecule has 2 aromatic rings. The van der Waals surface area contributed by atoms with Crippen molar-refractivity contribution in [2.24, 2.45) is 0 Å². The number of rotatable bonds is 4. The van der Waals surface area contributed by atoms with Crippen molar-refractivity contribution in [2.45, 2.75) is 6.54 Å². The van der Waals surface area contributed by atoms with Gasteiger partial charge in [0.1, 0.15) is 0 Å². The monoisotopic (exact) mass is 255 g/mol. The average Bonchev–Trinajstić information content (AvgIpc) is 2.40. The lowest BCUT2D eigenvalue weighted by Gasteiger charge is -2.05. The maximum Gasteiger partial charge on any atom is 0.328 e. The number of carboxylic acids is 1. The molecule has 1 aromatic heterocycles. The molecule has 0 amide bonds. The minimum Gasteiger partial charge on any atom is -0.478 e. The SMILES string of the molecule is O=C(O)C=Cc1cccc(Cn2ccccc2=O)c1. The Bertz CT molecular complexity index is 671. The van der Waals surface area contributed by atoms with Gasteiger partial charge in [-0.05, 0) is 29.3 Å². The van der Waals surface area contributed by atoms with E-state index in [1.807, 2.05) is 24.3 Å². The van der Waals surface area contributed by atoms with Gasteiger partial charge in [-0.25, -0.2) is 4.79 Å². The van der Waals surface area contributed by atoms with Crippen molar-refractivity contribution in [1.82, 2.24) is 4.57 Å². The molecule has 0 bridgehead atoms. The van der Waals surface area contributed by atoms with E-state index in [1.165, 1.54) is 12.1 Å². The molecule has 4 nitrogen and oxygen atoms in total. The summed E-state index contributed by atoms with van der Waals surface area (Å²) in [6.07, 6.45) is 4.34. The summed E-state index contributed by atoms with van der Waals surface area (Å²) in [7, 11) is 0. The second-order valence-electron chi connectivity index (χ2n) is 4.08. The summed E-state index contributed by atoms with van der Waals surface area (Å²) in [6.45, 7) is 0.467. The first-order valence-corrected chi connectivity index (χ1v) is 5.80. The normalized spacial score (nSPS) is 10.7. The third-order valence-corrected chi connectivity index (χ3v) is 2.62. The highest BCUT2D eigenvalue weighted by atomic mass is 16.4. The molecule has 0 aliphatic rings. The van der Waals surface area contributed by atoms with Crippen LogP contribution in [-0.4, -0.2) is 15.6 Å². The Kier molecular flexibility index (Phi) is 3.93. The van der Waals surface area contributed by atoms with Gasteiger partial charge in [0.25, 0.3) is 5.56 Å². The van der Waals surface area contributed by atoms with Crippen molar-refractivity contribution in [3.8, 4) is 0 Å². The van der Waals surface area contributed by atoms with Gasteiger partial charge in [-0.3, -0.25) is 4.79 Å². The lowest BCUT2D eigenvalue weighted by Crippen LogP contribution is -2.18. The van der Waals surface area contributed by atoms with Crippen molar-refractivity contribution in [2.75, 3.05) is 0 Å². The number of carbonyl (C=O) groups is 1. The van der Waals surface area contributed by atoms with E-state index in [4.69, 9.17) is 5.11 Å². The van der Waals surface area contributed by atoms with Gasteiger partial charge in [0, 0.05) is 18.3 Å². The molecule has 0 saturated heterocycles. The predicted octanol–water partition coefficient (Wildman–Crippen LogP) is 1.99. The van der Waals surface area contributed by atoms with E-state index in [1.54, 1.807) is 22.9 Å².